The third-order valence-corrected chi connectivity index (χ3v) is 1.71. The highest BCUT2D eigenvalue weighted by molar-refractivity contribution is 5.39. The van der Waals surface area contributed by atoms with Gasteiger partial charge in [-0.15, -0.1) is 0 Å². The van der Waals surface area contributed by atoms with E-state index in [0.717, 1.165) is 0 Å². The fourth-order valence-electron chi connectivity index (χ4n) is 1.13. The Morgan fingerprint density at radius 1 is 1.50 bits per heavy atom. The molecule has 0 aromatic heterocycles. The summed E-state index contributed by atoms with van der Waals surface area (Å²) in [6.45, 7) is 2.15. The predicted octanol–water partition coefficient (Wildman–Crippen LogP) is 1.56. The van der Waals surface area contributed by atoms with Gasteiger partial charge in [0, 0.05) is 12.1 Å². The van der Waals surface area contributed by atoms with Crippen LogP contribution in [0.3, 0.4) is 0 Å². The van der Waals surface area contributed by atoms with Gasteiger partial charge in [-0.05, 0) is 31.7 Å². The van der Waals surface area contributed by atoms with E-state index in [2.05, 4.69) is 5.32 Å². The summed E-state index contributed by atoms with van der Waals surface area (Å²) in [6, 6.07) is 2.65. The lowest BCUT2D eigenvalue weighted by atomic mass is 10.1. The van der Waals surface area contributed by atoms with Crippen LogP contribution in [-0.4, -0.2) is 12.2 Å². The number of phenolic OH excluding ortho intramolecular Hbond substituents is 1. The third-order valence-electron chi connectivity index (χ3n) is 1.71. The number of phenols is 1. The molecule has 0 heterocycles. The summed E-state index contributed by atoms with van der Waals surface area (Å²) in [5.74, 6) is -0.138. The predicted molar refractivity (Wildman–Crippen MR) is 45.6 cm³/mol. The SMILES string of the molecule is CNCc1cc(F)cc(C)c1O. The van der Waals surface area contributed by atoms with Crippen molar-refractivity contribution < 1.29 is 9.50 Å². The van der Waals surface area contributed by atoms with Gasteiger partial charge in [0.1, 0.15) is 11.6 Å². The van der Waals surface area contributed by atoms with Crippen molar-refractivity contribution in [2.75, 3.05) is 7.05 Å². The Morgan fingerprint density at radius 2 is 2.17 bits per heavy atom. The number of nitrogens with one attached hydrogen (secondary N) is 1. The Balaban J connectivity index is 3.09. The summed E-state index contributed by atoms with van der Waals surface area (Å²) < 4.78 is 12.8. The molecule has 0 fully saturated rings. The van der Waals surface area contributed by atoms with Gasteiger partial charge in [-0.3, -0.25) is 0 Å². The number of rotatable bonds is 2. The Bertz CT molecular complexity index is 286. The largest absolute Gasteiger partial charge is 0.507 e. The molecule has 1 rings (SSSR count). The molecule has 2 N–H and O–H groups in total. The van der Waals surface area contributed by atoms with E-state index in [0.29, 0.717) is 17.7 Å². The maximum Gasteiger partial charge on any atom is 0.124 e. The molecule has 1 aromatic carbocycles. The number of aromatic hydroxyl groups is 1. The summed E-state index contributed by atoms with van der Waals surface area (Å²) in [5.41, 5.74) is 1.16. The smallest absolute Gasteiger partial charge is 0.124 e. The molecule has 1 aromatic rings. The van der Waals surface area contributed by atoms with Crippen LogP contribution in [-0.2, 0) is 6.54 Å². The molecular weight excluding hydrogens is 157 g/mol. The molecule has 0 aliphatic carbocycles. The maximum absolute atomic E-state index is 12.8. The van der Waals surface area contributed by atoms with Crippen molar-refractivity contribution in [1.29, 1.82) is 0 Å². The van der Waals surface area contributed by atoms with Crippen LogP contribution in [0.15, 0.2) is 12.1 Å². The van der Waals surface area contributed by atoms with Gasteiger partial charge in [0.05, 0.1) is 0 Å². The van der Waals surface area contributed by atoms with Gasteiger partial charge in [-0.1, -0.05) is 0 Å². The molecular formula is C9H12FNO. The van der Waals surface area contributed by atoms with E-state index in [1.165, 1.54) is 12.1 Å². The highest BCUT2D eigenvalue weighted by atomic mass is 19.1. The first-order valence-electron chi connectivity index (χ1n) is 3.77. The molecule has 0 saturated heterocycles. The zero-order chi connectivity index (χ0) is 9.14. The molecule has 0 atom stereocenters. The van der Waals surface area contributed by atoms with Crippen molar-refractivity contribution in [2.24, 2.45) is 0 Å². The second kappa shape index (κ2) is 3.54. The fourth-order valence-corrected chi connectivity index (χ4v) is 1.13. The number of benzene rings is 1. The quantitative estimate of drug-likeness (QED) is 0.704. The second-order valence-corrected chi connectivity index (χ2v) is 2.76. The molecule has 0 radical (unpaired) electrons. The van der Waals surface area contributed by atoms with Gasteiger partial charge in [0.25, 0.3) is 0 Å². The van der Waals surface area contributed by atoms with Gasteiger partial charge in [-0.25, -0.2) is 4.39 Å². The van der Waals surface area contributed by atoms with Crippen LogP contribution in [0, 0.1) is 12.7 Å². The van der Waals surface area contributed by atoms with Crippen LogP contribution >= 0.6 is 0 Å². The summed E-state index contributed by atoms with van der Waals surface area (Å²) >= 11 is 0. The van der Waals surface area contributed by atoms with Gasteiger partial charge in [0.15, 0.2) is 0 Å². The average molecular weight is 169 g/mol. The van der Waals surface area contributed by atoms with Crippen molar-refractivity contribution in [3.63, 3.8) is 0 Å². The second-order valence-electron chi connectivity index (χ2n) is 2.76. The minimum Gasteiger partial charge on any atom is -0.507 e. The Kier molecular flexibility index (Phi) is 2.65. The molecule has 0 spiro atoms. The van der Waals surface area contributed by atoms with Crippen molar-refractivity contribution in [1.82, 2.24) is 5.32 Å². The summed E-state index contributed by atoms with van der Waals surface area (Å²) in [4.78, 5) is 0. The van der Waals surface area contributed by atoms with Gasteiger partial charge in [0.2, 0.25) is 0 Å². The van der Waals surface area contributed by atoms with Crippen LogP contribution in [0.5, 0.6) is 5.75 Å². The number of hydrogen-bond donors (Lipinski definition) is 2. The molecule has 66 valence electrons. The highest BCUT2D eigenvalue weighted by Gasteiger charge is 2.05. The first-order valence-corrected chi connectivity index (χ1v) is 3.77. The van der Waals surface area contributed by atoms with E-state index in [1.807, 2.05) is 0 Å². The van der Waals surface area contributed by atoms with E-state index in [1.54, 1.807) is 14.0 Å². The molecule has 0 aliphatic rings. The molecule has 12 heavy (non-hydrogen) atoms. The van der Waals surface area contributed by atoms with Gasteiger partial charge in [-0.2, -0.15) is 0 Å². The summed E-state index contributed by atoms with van der Waals surface area (Å²) in [5, 5.41) is 12.3. The van der Waals surface area contributed by atoms with E-state index in [9.17, 15) is 9.50 Å². The number of aryl methyl sites for hydroxylation is 1. The molecule has 3 heteroatoms. The van der Waals surface area contributed by atoms with Gasteiger partial charge < -0.3 is 10.4 Å². The van der Waals surface area contributed by atoms with Crippen LogP contribution in [0.1, 0.15) is 11.1 Å². The fraction of sp³-hybridized carbons (Fsp3) is 0.333. The molecule has 2 nitrogen and oxygen atoms in total. The lowest BCUT2D eigenvalue weighted by molar-refractivity contribution is 0.459. The lowest BCUT2D eigenvalue weighted by Gasteiger charge is -2.06. The zero-order valence-corrected chi connectivity index (χ0v) is 7.19. The Hall–Kier alpha value is -1.09. The topological polar surface area (TPSA) is 32.3 Å². The molecule has 0 aliphatic heterocycles. The van der Waals surface area contributed by atoms with E-state index in [4.69, 9.17) is 0 Å². The average Bonchev–Trinajstić information content (AvgIpc) is 2.00. The molecule has 0 bridgehead atoms. The molecule has 0 amide bonds. The van der Waals surface area contributed by atoms with Crippen molar-refractivity contribution in [3.05, 3.63) is 29.1 Å². The highest BCUT2D eigenvalue weighted by Crippen LogP contribution is 2.22. The van der Waals surface area contributed by atoms with Crippen LogP contribution in [0.25, 0.3) is 0 Å². The van der Waals surface area contributed by atoms with E-state index >= 15 is 0 Å². The standard InChI is InChI=1S/C9H12FNO/c1-6-3-8(10)4-7(5-11-2)9(6)12/h3-4,11-12H,5H2,1-2H3. The van der Waals surface area contributed by atoms with Crippen LogP contribution in [0.2, 0.25) is 0 Å². The zero-order valence-electron chi connectivity index (χ0n) is 7.19. The Labute approximate surface area is 71.0 Å². The van der Waals surface area contributed by atoms with Crippen LogP contribution < -0.4 is 5.32 Å². The Morgan fingerprint density at radius 3 is 2.75 bits per heavy atom. The third kappa shape index (κ3) is 1.74. The number of hydrogen-bond acceptors (Lipinski definition) is 2. The summed E-state index contributed by atoms with van der Waals surface area (Å²) in [7, 11) is 1.75. The first kappa shape index (κ1) is 9.00. The molecule has 0 saturated carbocycles. The lowest BCUT2D eigenvalue weighted by Crippen LogP contribution is -2.06. The maximum atomic E-state index is 12.8. The molecule has 0 unspecified atom stereocenters. The summed E-state index contributed by atoms with van der Waals surface area (Å²) in [6.07, 6.45) is 0. The first-order chi connectivity index (χ1) is 5.65. The number of halogens is 1. The van der Waals surface area contributed by atoms with Crippen molar-refractivity contribution >= 4 is 0 Å². The monoisotopic (exact) mass is 169 g/mol. The van der Waals surface area contributed by atoms with Crippen molar-refractivity contribution in [3.8, 4) is 5.75 Å². The van der Waals surface area contributed by atoms with Gasteiger partial charge >= 0.3 is 0 Å². The van der Waals surface area contributed by atoms with E-state index < -0.39 is 0 Å². The minimum atomic E-state index is -0.310. The minimum absolute atomic E-state index is 0.172. The normalized spacial score (nSPS) is 10.2. The van der Waals surface area contributed by atoms with Crippen molar-refractivity contribution in [2.45, 2.75) is 13.5 Å². The van der Waals surface area contributed by atoms with E-state index in [-0.39, 0.29) is 11.6 Å². The van der Waals surface area contributed by atoms with Crippen LogP contribution in [0.4, 0.5) is 4.39 Å².